The van der Waals surface area contributed by atoms with E-state index in [0.29, 0.717) is 32.2 Å². The summed E-state index contributed by atoms with van der Waals surface area (Å²) in [5.74, 6) is 2.95. The topological polar surface area (TPSA) is 135 Å². The van der Waals surface area contributed by atoms with E-state index in [1.807, 2.05) is 52.6 Å². The molecule has 0 spiro atoms. The van der Waals surface area contributed by atoms with Crippen LogP contribution in [0.4, 0.5) is 9.59 Å². The minimum absolute atomic E-state index is 0.153. The number of likely N-dealkylation sites (tertiary alicyclic amines) is 2. The van der Waals surface area contributed by atoms with Crippen molar-refractivity contribution in [3.8, 4) is 39.4 Å². The lowest BCUT2D eigenvalue weighted by Gasteiger charge is -2.27. The maximum absolute atomic E-state index is 13.2. The first-order chi connectivity index (χ1) is 25.6. The van der Waals surface area contributed by atoms with Crippen molar-refractivity contribution in [1.82, 2.24) is 29.7 Å². The maximum Gasteiger partial charge on any atom is 0.410 e. The Bertz CT molecular complexity index is 2090. The number of carbonyl (C=O) groups excluding carboxylic acids is 2. The van der Waals surface area contributed by atoms with Crippen molar-refractivity contribution in [2.24, 2.45) is 11.8 Å². The Morgan fingerprint density at radius 1 is 0.852 bits per heavy atom. The summed E-state index contributed by atoms with van der Waals surface area (Å²) in [6, 6.07) is 10.5. The number of aryl methyl sites for hydroxylation is 2. The number of nitrogens with one attached hydrogen (secondary N) is 2. The predicted octanol–water partition coefficient (Wildman–Crippen LogP) is 8.39. The molecule has 2 aromatic carbocycles. The van der Waals surface area contributed by atoms with Gasteiger partial charge in [-0.25, -0.2) is 19.6 Å². The van der Waals surface area contributed by atoms with Crippen LogP contribution in [0.2, 0.25) is 0 Å². The number of benzene rings is 2. The third-order valence-corrected chi connectivity index (χ3v) is 10.8. The fraction of sp³-hybridized carbons (Fsp3) is 0.524. The van der Waals surface area contributed by atoms with Crippen molar-refractivity contribution in [1.29, 1.82) is 0 Å². The molecule has 2 amide bonds. The highest BCUT2D eigenvalue weighted by Crippen LogP contribution is 2.46. The summed E-state index contributed by atoms with van der Waals surface area (Å²) in [7, 11) is 1.69. The molecule has 8 rings (SSSR count). The van der Waals surface area contributed by atoms with Crippen molar-refractivity contribution >= 4 is 12.2 Å². The first-order valence-electron chi connectivity index (χ1n) is 19.2. The summed E-state index contributed by atoms with van der Waals surface area (Å²) in [6.07, 6.45) is 4.48. The number of H-pyrrole nitrogens is 2. The van der Waals surface area contributed by atoms with Crippen LogP contribution in [-0.2, 0) is 33.7 Å². The molecule has 12 heteroatoms. The van der Waals surface area contributed by atoms with E-state index in [1.165, 1.54) is 5.56 Å². The standard InChI is InChI=1S/C42H52N6O6/c1-23-13-33(47(19-23)39(49)53-41(2,3)4)38-44-31-12-10-25-16-30-28-11-9-26(15-27(28)22-52-35(30)17-29(25)36(31)46-38)32-18-43-37(45-32)34-14-24(21-51-8)20-48(34)40(50)54-42(5,6)7/h9,11,15-18,23-24,33-34H,10,12-14,19-22H2,1-8H3,(H,43,45)(H,44,46)/t23?,24?,33-,34?/m0/s1. The monoisotopic (exact) mass is 736 g/mol. The summed E-state index contributed by atoms with van der Waals surface area (Å²) in [4.78, 5) is 47.0. The third kappa shape index (κ3) is 6.96. The van der Waals surface area contributed by atoms with Gasteiger partial charge in [-0.1, -0.05) is 19.1 Å². The second-order valence-corrected chi connectivity index (χ2v) is 17.5. The number of rotatable bonds is 5. The third-order valence-electron chi connectivity index (χ3n) is 10.8. The number of nitrogens with zero attached hydrogens (tertiary/aromatic N) is 4. The van der Waals surface area contributed by atoms with Gasteiger partial charge in [-0.05, 0) is 114 Å². The van der Waals surface area contributed by atoms with Gasteiger partial charge < -0.3 is 28.9 Å². The Kier molecular flexibility index (Phi) is 9.02. The van der Waals surface area contributed by atoms with Crippen molar-refractivity contribution in [3.05, 3.63) is 65.0 Å². The number of amides is 2. The Morgan fingerprint density at radius 3 is 2.30 bits per heavy atom. The van der Waals surface area contributed by atoms with Gasteiger partial charge in [0.1, 0.15) is 35.2 Å². The van der Waals surface area contributed by atoms with Gasteiger partial charge in [0.15, 0.2) is 0 Å². The minimum Gasteiger partial charge on any atom is -0.488 e. The normalized spacial score (nSPS) is 21.9. The molecule has 2 saturated heterocycles. The van der Waals surface area contributed by atoms with Gasteiger partial charge in [0.2, 0.25) is 0 Å². The number of carbonyl (C=O) groups is 2. The first-order valence-corrected chi connectivity index (χ1v) is 19.2. The Hall–Kier alpha value is -4.84. The zero-order chi connectivity index (χ0) is 38.1. The highest BCUT2D eigenvalue weighted by molar-refractivity contribution is 5.83. The van der Waals surface area contributed by atoms with Crippen LogP contribution >= 0.6 is 0 Å². The minimum atomic E-state index is -0.592. The Morgan fingerprint density at radius 2 is 1.57 bits per heavy atom. The second-order valence-electron chi connectivity index (χ2n) is 17.5. The van der Waals surface area contributed by atoms with Crippen LogP contribution in [0.1, 0.15) is 102 Å². The number of hydrogen-bond acceptors (Lipinski definition) is 8. The summed E-state index contributed by atoms with van der Waals surface area (Å²) >= 11 is 0. The van der Waals surface area contributed by atoms with Gasteiger partial charge in [-0.15, -0.1) is 0 Å². The largest absolute Gasteiger partial charge is 0.488 e. The zero-order valence-corrected chi connectivity index (χ0v) is 32.7. The van der Waals surface area contributed by atoms with E-state index in [1.54, 1.807) is 12.0 Å². The van der Waals surface area contributed by atoms with Crippen molar-refractivity contribution in [3.63, 3.8) is 0 Å². The smallest absolute Gasteiger partial charge is 0.410 e. The van der Waals surface area contributed by atoms with Gasteiger partial charge >= 0.3 is 12.2 Å². The molecule has 3 unspecified atom stereocenters. The van der Waals surface area contributed by atoms with Gasteiger partial charge in [0.25, 0.3) is 0 Å². The van der Waals surface area contributed by atoms with Crippen LogP contribution < -0.4 is 4.74 Å². The fourth-order valence-electron chi connectivity index (χ4n) is 8.48. The Balaban J connectivity index is 1.04. The summed E-state index contributed by atoms with van der Waals surface area (Å²) in [5.41, 5.74) is 8.46. The van der Waals surface area contributed by atoms with E-state index in [0.717, 1.165) is 88.0 Å². The number of hydrogen-bond donors (Lipinski definition) is 2. The molecular weight excluding hydrogens is 684 g/mol. The lowest BCUT2D eigenvalue weighted by Crippen LogP contribution is -2.37. The number of ether oxygens (including phenoxy) is 4. The second kappa shape index (κ2) is 13.5. The fourth-order valence-corrected chi connectivity index (χ4v) is 8.48. The zero-order valence-electron chi connectivity index (χ0n) is 32.7. The van der Waals surface area contributed by atoms with Crippen LogP contribution in [0.3, 0.4) is 0 Å². The Labute approximate surface area is 316 Å². The molecule has 54 heavy (non-hydrogen) atoms. The van der Waals surface area contributed by atoms with E-state index in [9.17, 15) is 9.59 Å². The molecule has 1 aliphatic carbocycles. The molecular formula is C42H52N6O6. The lowest BCUT2D eigenvalue weighted by molar-refractivity contribution is 0.0201. The highest BCUT2D eigenvalue weighted by atomic mass is 16.6. The van der Waals surface area contributed by atoms with Gasteiger partial charge in [0.05, 0.1) is 42.0 Å². The van der Waals surface area contributed by atoms with Crippen LogP contribution in [-0.4, -0.2) is 79.9 Å². The van der Waals surface area contributed by atoms with Crippen molar-refractivity contribution < 1.29 is 28.5 Å². The number of aromatic nitrogens is 4. The highest BCUT2D eigenvalue weighted by Gasteiger charge is 2.41. The van der Waals surface area contributed by atoms with E-state index >= 15 is 0 Å². The molecule has 2 fully saturated rings. The molecule has 0 bridgehead atoms. The molecule has 3 aliphatic heterocycles. The molecule has 0 radical (unpaired) electrons. The maximum atomic E-state index is 13.2. The van der Waals surface area contributed by atoms with Crippen molar-refractivity contribution in [2.75, 3.05) is 26.8 Å². The number of fused-ring (bicyclic) bond motifs is 6. The van der Waals surface area contributed by atoms with E-state index < -0.39 is 11.2 Å². The SMILES string of the molecule is COCC1CC(c2ncc(-c3ccc4c(c3)COc3cc5c(cc3-4)CCc3nc([C@@H]4CC(C)CN4C(=O)OC(C)(C)C)[nH]c3-5)[nH]2)N(C(=O)OC(C)(C)C)C1. The van der Waals surface area contributed by atoms with E-state index in [-0.39, 0.29) is 30.2 Å². The average molecular weight is 737 g/mol. The molecule has 2 N–H and O–H groups in total. The summed E-state index contributed by atoms with van der Waals surface area (Å²) < 4.78 is 23.4. The summed E-state index contributed by atoms with van der Waals surface area (Å²) in [6.45, 7) is 15.7. The van der Waals surface area contributed by atoms with Crippen LogP contribution in [0.15, 0.2) is 36.5 Å². The first kappa shape index (κ1) is 36.2. The van der Waals surface area contributed by atoms with Crippen LogP contribution in [0, 0.1) is 11.8 Å². The van der Waals surface area contributed by atoms with Crippen LogP contribution in [0.5, 0.6) is 5.75 Å². The van der Waals surface area contributed by atoms with Gasteiger partial charge in [-0.2, -0.15) is 0 Å². The predicted molar refractivity (Wildman–Crippen MR) is 204 cm³/mol. The van der Waals surface area contributed by atoms with E-state index in [4.69, 9.17) is 28.9 Å². The van der Waals surface area contributed by atoms with Crippen molar-refractivity contribution in [2.45, 2.75) is 104 Å². The molecule has 0 saturated carbocycles. The summed E-state index contributed by atoms with van der Waals surface area (Å²) in [5, 5.41) is 0. The number of aromatic amines is 2. The molecule has 4 atom stereocenters. The molecule has 4 aliphatic rings. The van der Waals surface area contributed by atoms with Crippen LogP contribution in [0.25, 0.3) is 33.6 Å². The molecule has 286 valence electrons. The molecule has 12 nitrogen and oxygen atoms in total. The lowest BCUT2D eigenvalue weighted by atomic mass is 9.86. The molecule has 2 aromatic heterocycles. The molecule has 5 heterocycles. The quantitative estimate of drug-likeness (QED) is 0.209. The average Bonchev–Trinajstić information content (AvgIpc) is 3.91. The van der Waals surface area contributed by atoms with Gasteiger partial charge in [0, 0.05) is 37.2 Å². The number of methoxy groups -OCH3 is 1. The van der Waals surface area contributed by atoms with E-state index in [2.05, 4.69) is 47.2 Å². The molecule has 4 aromatic rings. The van der Waals surface area contributed by atoms with Gasteiger partial charge in [-0.3, -0.25) is 9.80 Å². The number of imidazole rings is 2.